The Bertz CT molecular complexity index is 414. The van der Waals surface area contributed by atoms with Crippen molar-refractivity contribution in [3.05, 3.63) is 24.0 Å². The molecule has 5 nitrogen and oxygen atoms in total. The Morgan fingerprint density at radius 3 is 2.85 bits per heavy atom. The number of nitrogens with two attached hydrogens (primary N) is 1. The minimum absolute atomic E-state index is 0.0329. The lowest BCUT2D eigenvalue weighted by Crippen LogP contribution is -2.30. The summed E-state index contributed by atoms with van der Waals surface area (Å²) < 4.78 is 5.75. The van der Waals surface area contributed by atoms with Gasteiger partial charge in [-0.2, -0.15) is 0 Å². The van der Waals surface area contributed by atoms with Crippen molar-refractivity contribution in [2.24, 2.45) is 0 Å². The van der Waals surface area contributed by atoms with Crippen LogP contribution in [0.2, 0.25) is 0 Å². The number of aromatic nitrogens is 1. The molecular weight excluding hydrogens is 254 g/mol. The van der Waals surface area contributed by atoms with Crippen LogP contribution in [0.4, 0.5) is 5.69 Å². The Hall–Kier alpha value is -1.62. The monoisotopic (exact) mass is 277 g/mol. The molecule has 1 heterocycles. The smallest absolute Gasteiger partial charge is 0.226 e. The average Bonchev–Trinajstić information content (AvgIpc) is 2.47. The molecule has 2 rings (SSSR count). The van der Waals surface area contributed by atoms with E-state index in [1.807, 2.05) is 0 Å². The molecule has 0 saturated heterocycles. The number of hydrogen-bond acceptors (Lipinski definition) is 4. The van der Waals surface area contributed by atoms with Crippen molar-refractivity contribution in [3.63, 3.8) is 0 Å². The number of anilines is 1. The molecule has 1 fully saturated rings. The Morgan fingerprint density at radius 2 is 2.15 bits per heavy atom. The first-order valence-corrected chi connectivity index (χ1v) is 7.33. The highest BCUT2D eigenvalue weighted by Crippen LogP contribution is 2.19. The van der Waals surface area contributed by atoms with Gasteiger partial charge in [-0.1, -0.05) is 19.3 Å². The molecule has 1 aliphatic carbocycles. The molecule has 1 aliphatic rings. The molecule has 1 aromatic heterocycles. The van der Waals surface area contributed by atoms with Crippen LogP contribution in [-0.4, -0.2) is 30.1 Å². The van der Waals surface area contributed by atoms with Crippen LogP contribution in [0.25, 0.3) is 0 Å². The predicted molar refractivity (Wildman–Crippen MR) is 78.2 cm³/mol. The predicted octanol–water partition coefficient (Wildman–Crippen LogP) is 1.67. The fraction of sp³-hybridized carbons (Fsp3) is 0.600. The number of amides is 1. The average molecular weight is 277 g/mol. The van der Waals surface area contributed by atoms with E-state index in [-0.39, 0.29) is 12.3 Å². The second kappa shape index (κ2) is 7.85. The van der Waals surface area contributed by atoms with Gasteiger partial charge in [0.25, 0.3) is 0 Å². The second-order valence-corrected chi connectivity index (χ2v) is 5.24. The van der Waals surface area contributed by atoms with Crippen molar-refractivity contribution in [2.45, 2.75) is 44.6 Å². The highest BCUT2D eigenvalue weighted by atomic mass is 16.5. The molecule has 0 bridgehead atoms. The van der Waals surface area contributed by atoms with Gasteiger partial charge in [0.15, 0.2) is 0 Å². The van der Waals surface area contributed by atoms with Crippen molar-refractivity contribution >= 4 is 11.6 Å². The molecule has 110 valence electrons. The topological polar surface area (TPSA) is 77.2 Å². The largest absolute Gasteiger partial charge is 0.397 e. The zero-order chi connectivity index (χ0) is 14.2. The Morgan fingerprint density at radius 1 is 1.35 bits per heavy atom. The van der Waals surface area contributed by atoms with E-state index in [0.717, 1.165) is 18.5 Å². The van der Waals surface area contributed by atoms with Crippen molar-refractivity contribution in [2.75, 3.05) is 18.9 Å². The molecule has 1 aromatic rings. The van der Waals surface area contributed by atoms with Crippen LogP contribution in [0, 0.1) is 0 Å². The lowest BCUT2D eigenvalue weighted by atomic mass is 9.98. The van der Waals surface area contributed by atoms with Crippen molar-refractivity contribution in [3.8, 4) is 0 Å². The van der Waals surface area contributed by atoms with Crippen LogP contribution in [0.5, 0.6) is 0 Å². The van der Waals surface area contributed by atoms with Gasteiger partial charge in [-0.3, -0.25) is 9.78 Å². The van der Waals surface area contributed by atoms with E-state index in [1.165, 1.54) is 19.3 Å². The summed E-state index contributed by atoms with van der Waals surface area (Å²) in [5, 5.41) is 2.85. The highest BCUT2D eigenvalue weighted by Gasteiger charge is 2.13. The standard InChI is InChI=1S/C15H23N3O2/c16-12-6-7-13(18-11-12)10-15(19)17-8-9-20-14-4-2-1-3-5-14/h6-7,11,14H,1-5,8-10,16H2,(H,17,19). The van der Waals surface area contributed by atoms with Gasteiger partial charge in [0.1, 0.15) is 0 Å². The van der Waals surface area contributed by atoms with Gasteiger partial charge in [0, 0.05) is 12.2 Å². The summed E-state index contributed by atoms with van der Waals surface area (Å²) in [5.74, 6) is -0.0329. The Labute approximate surface area is 119 Å². The molecule has 0 aromatic carbocycles. The number of rotatable bonds is 6. The van der Waals surface area contributed by atoms with Crippen LogP contribution < -0.4 is 11.1 Å². The van der Waals surface area contributed by atoms with Crippen LogP contribution >= 0.6 is 0 Å². The summed E-state index contributed by atoms with van der Waals surface area (Å²) in [7, 11) is 0. The Balaban J connectivity index is 1.59. The van der Waals surface area contributed by atoms with Gasteiger partial charge in [-0.15, -0.1) is 0 Å². The lowest BCUT2D eigenvalue weighted by Gasteiger charge is -2.21. The molecule has 0 unspecified atom stereocenters. The third kappa shape index (κ3) is 5.17. The fourth-order valence-electron chi connectivity index (χ4n) is 2.42. The van der Waals surface area contributed by atoms with E-state index < -0.39 is 0 Å². The van der Waals surface area contributed by atoms with Crippen molar-refractivity contribution in [1.29, 1.82) is 0 Å². The van der Waals surface area contributed by atoms with Gasteiger partial charge in [0.05, 0.1) is 31.0 Å². The van der Waals surface area contributed by atoms with E-state index in [4.69, 9.17) is 10.5 Å². The number of pyridine rings is 1. The van der Waals surface area contributed by atoms with Gasteiger partial charge in [-0.05, 0) is 25.0 Å². The number of nitrogen functional groups attached to an aromatic ring is 1. The molecule has 1 saturated carbocycles. The van der Waals surface area contributed by atoms with E-state index >= 15 is 0 Å². The Kier molecular flexibility index (Phi) is 5.80. The summed E-state index contributed by atoms with van der Waals surface area (Å²) in [6.07, 6.45) is 8.40. The minimum atomic E-state index is -0.0329. The molecule has 20 heavy (non-hydrogen) atoms. The number of carbonyl (C=O) groups is 1. The van der Waals surface area contributed by atoms with Gasteiger partial charge < -0.3 is 15.8 Å². The van der Waals surface area contributed by atoms with Crippen molar-refractivity contribution in [1.82, 2.24) is 10.3 Å². The normalized spacial score (nSPS) is 16.0. The van der Waals surface area contributed by atoms with E-state index in [9.17, 15) is 4.79 Å². The van der Waals surface area contributed by atoms with Crippen molar-refractivity contribution < 1.29 is 9.53 Å². The molecule has 5 heteroatoms. The number of hydrogen-bond donors (Lipinski definition) is 2. The fourth-order valence-corrected chi connectivity index (χ4v) is 2.42. The molecule has 0 aliphatic heterocycles. The van der Waals surface area contributed by atoms with Crippen LogP contribution in [0.3, 0.4) is 0 Å². The van der Waals surface area contributed by atoms with Crippen LogP contribution in [0.1, 0.15) is 37.8 Å². The molecule has 0 atom stereocenters. The summed E-state index contributed by atoms with van der Waals surface area (Å²) in [4.78, 5) is 15.8. The third-order valence-electron chi connectivity index (χ3n) is 3.52. The minimum Gasteiger partial charge on any atom is -0.397 e. The van der Waals surface area contributed by atoms with Gasteiger partial charge in [-0.25, -0.2) is 0 Å². The van der Waals surface area contributed by atoms with Gasteiger partial charge >= 0.3 is 0 Å². The molecule has 1 amide bonds. The maximum Gasteiger partial charge on any atom is 0.226 e. The summed E-state index contributed by atoms with van der Waals surface area (Å²) in [5.41, 5.74) is 6.88. The lowest BCUT2D eigenvalue weighted by molar-refractivity contribution is -0.120. The first-order valence-electron chi connectivity index (χ1n) is 7.33. The molecule has 3 N–H and O–H groups in total. The molecular formula is C15H23N3O2. The molecule has 0 spiro atoms. The first kappa shape index (κ1) is 14.8. The number of ether oxygens (including phenoxy) is 1. The number of nitrogens with zero attached hydrogens (tertiary/aromatic N) is 1. The first-order chi connectivity index (χ1) is 9.74. The summed E-state index contributed by atoms with van der Waals surface area (Å²) in [6, 6.07) is 3.52. The molecule has 0 radical (unpaired) electrons. The van der Waals surface area contributed by atoms with Crippen LogP contribution in [0.15, 0.2) is 18.3 Å². The maximum atomic E-state index is 11.7. The highest BCUT2D eigenvalue weighted by molar-refractivity contribution is 5.78. The van der Waals surface area contributed by atoms with Gasteiger partial charge in [0.2, 0.25) is 5.91 Å². The zero-order valence-electron chi connectivity index (χ0n) is 11.8. The van der Waals surface area contributed by atoms with Crippen LogP contribution in [-0.2, 0) is 16.0 Å². The quantitative estimate of drug-likeness (QED) is 0.775. The van der Waals surface area contributed by atoms with E-state index in [2.05, 4.69) is 10.3 Å². The SMILES string of the molecule is Nc1ccc(CC(=O)NCCOC2CCCCC2)nc1. The summed E-state index contributed by atoms with van der Waals surface area (Å²) in [6.45, 7) is 1.15. The van der Waals surface area contributed by atoms with E-state index in [0.29, 0.717) is 24.9 Å². The summed E-state index contributed by atoms with van der Waals surface area (Å²) >= 11 is 0. The number of nitrogens with one attached hydrogen (secondary N) is 1. The second-order valence-electron chi connectivity index (χ2n) is 5.24. The third-order valence-corrected chi connectivity index (χ3v) is 3.52. The zero-order valence-corrected chi connectivity index (χ0v) is 11.8. The number of carbonyl (C=O) groups excluding carboxylic acids is 1. The van der Waals surface area contributed by atoms with E-state index in [1.54, 1.807) is 18.3 Å². The maximum absolute atomic E-state index is 11.7.